The Morgan fingerprint density at radius 2 is 2.28 bits per heavy atom. The number of anilines is 1. The standard InChI is InChI=1S/C17H17N3O3S2/c1-23-9-12-3-2-4-13(7-12)18-15(21)11-24-10-14-8-16(22)20-5-6-25-17(20)19-14/h2-8H,9-11H2,1H3,(H,18,21). The number of nitrogens with zero attached hydrogens (tertiary/aromatic N) is 2. The lowest BCUT2D eigenvalue weighted by atomic mass is 10.2. The molecule has 8 heteroatoms. The monoisotopic (exact) mass is 375 g/mol. The van der Waals surface area contributed by atoms with Crippen molar-refractivity contribution in [1.82, 2.24) is 9.38 Å². The zero-order valence-corrected chi connectivity index (χ0v) is 15.2. The van der Waals surface area contributed by atoms with E-state index in [1.54, 1.807) is 13.3 Å². The molecular weight excluding hydrogens is 358 g/mol. The van der Waals surface area contributed by atoms with Gasteiger partial charge < -0.3 is 10.1 Å². The Morgan fingerprint density at radius 3 is 3.12 bits per heavy atom. The Morgan fingerprint density at radius 1 is 1.40 bits per heavy atom. The highest BCUT2D eigenvalue weighted by Crippen LogP contribution is 2.15. The van der Waals surface area contributed by atoms with Gasteiger partial charge in [-0.2, -0.15) is 0 Å². The van der Waals surface area contributed by atoms with Gasteiger partial charge in [0.05, 0.1) is 18.1 Å². The number of carbonyl (C=O) groups is 1. The number of rotatable bonds is 7. The van der Waals surface area contributed by atoms with Gasteiger partial charge in [0.25, 0.3) is 5.56 Å². The first-order valence-electron chi connectivity index (χ1n) is 7.57. The number of amides is 1. The zero-order chi connectivity index (χ0) is 17.6. The molecule has 25 heavy (non-hydrogen) atoms. The molecule has 1 aromatic carbocycles. The summed E-state index contributed by atoms with van der Waals surface area (Å²) >= 11 is 2.84. The Balaban J connectivity index is 1.53. The Hall–Kier alpha value is -2.16. The smallest absolute Gasteiger partial charge is 0.258 e. The molecule has 2 aromatic heterocycles. The van der Waals surface area contributed by atoms with Gasteiger partial charge in [0.2, 0.25) is 5.91 Å². The molecule has 0 saturated carbocycles. The molecule has 0 aliphatic heterocycles. The van der Waals surface area contributed by atoms with Crippen molar-refractivity contribution in [2.75, 3.05) is 18.2 Å². The molecule has 3 aromatic rings. The number of carbonyl (C=O) groups excluding carboxylic acids is 1. The third-order valence-corrected chi connectivity index (χ3v) is 5.08. The lowest BCUT2D eigenvalue weighted by molar-refractivity contribution is -0.113. The van der Waals surface area contributed by atoms with Gasteiger partial charge in [-0.05, 0) is 17.7 Å². The average molecular weight is 375 g/mol. The van der Waals surface area contributed by atoms with Crippen molar-refractivity contribution in [3.63, 3.8) is 0 Å². The Kier molecular flexibility index (Phi) is 5.85. The summed E-state index contributed by atoms with van der Waals surface area (Å²) in [6.07, 6.45) is 1.71. The summed E-state index contributed by atoms with van der Waals surface area (Å²) in [4.78, 5) is 29.1. The van der Waals surface area contributed by atoms with Crippen LogP contribution in [0.2, 0.25) is 0 Å². The molecule has 0 aliphatic carbocycles. The second kappa shape index (κ2) is 8.28. The van der Waals surface area contributed by atoms with E-state index < -0.39 is 0 Å². The fraction of sp³-hybridized carbons (Fsp3) is 0.235. The van der Waals surface area contributed by atoms with Crippen LogP contribution in [0.4, 0.5) is 5.69 Å². The van der Waals surface area contributed by atoms with E-state index in [9.17, 15) is 9.59 Å². The third kappa shape index (κ3) is 4.68. The molecule has 2 heterocycles. The summed E-state index contributed by atoms with van der Waals surface area (Å²) in [5.41, 5.74) is 2.34. The predicted molar refractivity (Wildman–Crippen MR) is 101 cm³/mol. The number of benzene rings is 1. The quantitative estimate of drug-likeness (QED) is 0.687. The van der Waals surface area contributed by atoms with Crippen molar-refractivity contribution in [2.45, 2.75) is 12.4 Å². The van der Waals surface area contributed by atoms with Crippen molar-refractivity contribution >= 4 is 39.7 Å². The molecule has 0 atom stereocenters. The number of thioether (sulfide) groups is 1. The average Bonchev–Trinajstić information content (AvgIpc) is 3.04. The third-order valence-electron chi connectivity index (χ3n) is 3.36. The van der Waals surface area contributed by atoms with E-state index in [0.717, 1.165) is 11.3 Å². The van der Waals surface area contributed by atoms with E-state index in [2.05, 4.69) is 10.3 Å². The minimum absolute atomic E-state index is 0.0894. The normalized spacial score (nSPS) is 10.9. The van der Waals surface area contributed by atoms with Crippen LogP contribution in [0, 0.1) is 0 Å². The van der Waals surface area contributed by atoms with Crippen LogP contribution >= 0.6 is 23.1 Å². The van der Waals surface area contributed by atoms with Crippen LogP contribution in [0.3, 0.4) is 0 Å². The Labute approximate surface area is 152 Å². The minimum Gasteiger partial charge on any atom is -0.380 e. The van der Waals surface area contributed by atoms with Gasteiger partial charge in [0, 0.05) is 36.2 Å². The summed E-state index contributed by atoms with van der Waals surface area (Å²) in [6, 6.07) is 9.07. The van der Waals surface area contributed by atoms with Crippen LogP contribution in [-0.4, -0.2) is 28.2 Å². The second-order valence-corrected chi connectivity index (χ2v) is 7.17. The number of hydrogen-bond acceptors (Lipinski definition) is 6. The van der Waals surface area contributed by atoms with Crippen molar-refractivity contribution in [3.05, 3.63) is 63.5 Å². The first-order chi connectivity index (χ1) is 12.2. The molecule has 0 saturated heterocycles. The molecular formula is C17H17N3O3S2. The molecule has 0 aliphatic rings. The SMILES string of the molecule is COCc1cccc(NC(=O)CSCc2cc(=O)n3ccsc3n2)c1. The summed E-state index contributed by atoms with van der Waals surface area (Å²) < 4.78 is 6.60. The van der Waals surface area contributed by atoms with Gasteiger partial charge in [-0.15, -0.1) is 23.1 Å². The highest BCUT2D eigenvalue weighted by molar-refractivity contribution is 7.99. The first-order valence-corrected chi connectivity index (χ1v) is 9.60. The highest BCUT2D eigenvalue weighted by Gasteiger charge is 2.07. The molecule has 0 fully saturated rings. The van der Waals surface area contributed by atoms with Gasteiger partial charge in [0.15, 0.2) is 4.96 Å². The number of fused-ring (bicyclic) bond motifs is 1. The molecule has 0 unspecified atom stereocenters. The number of hydrogen-bond donors (Lipinski definition) is 1. The fourth-order valence-electron chi connectivity index (χ4n) is 2.31. The predicted octanol–water partition coefficient (Wildman–Crippen LogP) is 2.77. The van der Waals surface area contributed by atoms with Crippen LogP contribution in [0.1, 0.15) is 11.3 Å². The lowest BCUT2D eigenvalue weighted by Crippen LogP contribution is -2.15. The Bertz CT molecular complexity index is 936. The number of aromatic nitrogens is 2. The molecule has 1 N–H and O–H groups in total. The number of ether oxygens (including phenoxy) is 1. The largest absolute Gasteiger partial charge is 0.380 e. The van der Waals surface area contributed by atoms with Crippen molar-refractivity contribution in [1.29, 1.82) is 0 Å². The van der Waals surface area contributed by atoms with E-state index in [1.807, 2.05) is 29.6 Å². The molecule has 0 radical (unpaired) electrons. The molecule has 0 spiro atoms. The van der Waals surface area contributed by atoms with E-state index in [4.69, 9.17) is 4.74 Å². The zero-order valence-electron chi connectivity index (χ0n) is 13.6. The van der Waals surface area contributed by atoms with Crippen LogP contribution in [0.15, 0.2) is 46.7 Å². The van der Waals surface area contributed by atoms with Crippen LogP contribution in [0.5, 0.6) is 0 Å². The first kappa shape index (κ1) is 17.7. The summed E-state index contributed by atoms with van der Waals surface area (Å²) in [6.45, 7) is 0.505. The van der Waals surface area contributed by atoms with Gasteiger partial charge in [-0.25, -0.2) is 4.98 Å². The second-order valence-electron chi connectivity index (χ2n) is 5.32. The van der Waals surface area contributed by atoms with Crippen molar-refractivity contribution < 1.29 is 9.53 Å². The minimum atomic E-state index is -0.0961. The fourth-order valence-corrected chi connectivity index (χ4v) is 3.77. The van der Waals surface area contributed by atoms with Crippen LogP contribution in [0.25, 0.3) is 4.96 Å². The highest BCUT2D eigenvalue weighted by atomic mass is 32.2. The maximum absolute atomic E-state index is 12.1. The summed E-state index contributed by atoms with van der Waals surface area (Å²) in [7, 11) is 1.63. The number of methoxy groups -OCH3 is 1. The molecule has 6 nitrogen and oxygen atoms in total. The lowest BCUT2D eigenvalue weighted by Gasteiger charge is -2.07. The topological polar surface area (TPSA) is 72.7 Å². The van der Waals surface area contributed by atoms with E-state index in [-0.39, 0.29) is 11.5 Å². The van der Waals surface area contributed by atoms with E-state index >= 15 is 0 Å². The summed E-state index contributed by atoms with van der Waals surface area (Å²) in [5.74, 6) is 0.717. The van der Waals surface area contributed by atoms with Crippen LogP contribution < -0.4 is 10.9 Å². The maximum atomic E-state index is 12.1. The summed E-state index contributed by atoms with van der Waals surface area (Å²) in [5, 5.41) is 4.69. The van der Waals surface area contributed by atoms with Crippen molar-refractivity contribution in [3.8, 4) is 0 Å². The number of nitrogens with one attached hydrogen (secondary N) is 1. The van der Waals surface area contributed by atoms with Gasteiger partial charge in [0.1, 0.15) is 0 Å². The van der Waals surface area contributed by atoms with Gasteiger partial charge in [-0.3, -0.25) is 14.0 Å². The van der Waals surface area contributed by atoms with E-state index in [0.29, 0.717) is 28.8 Å². The number of thiazole rings is 1. The van der Waals surface area contributed by atoms with Crippen molar-refractivity contribution in [2.24, 2.45) is 0 Å². The molecule has 3 rings (SSSR count). The molecule has 0 bridgehead atoms. The van der Waals surface area contributed by atoms with Gasteiger partial charge in [-0.1, -0.05) is 12.1 Å². The maximum Gasteiger partial charge on any atom is 0.258 e. The van der Waals surface area contributed by atoms with Crippen LogP contribution in [-0.2, 0) is 21.9 Å². The molecule has 130 valence electrons. The molecule has 1 amide bonds. The van der Waals surface area contributed by atoms with Gasteiger partial charge >= 0.3 is 0 Å². The van der Waals surface area contributed by atoms with E-state index in [1.165, 1.54) is 33.6 Å².